The molecule has 1 heterocycles. The number of nitrogens with one attached hydrogen (secondary N) is 1. The molecule has 0 spiro atoms. The lowest BCUT2D eigenvalue weighted by molar-refractivity contribution is 0.0602. The molecule has 1 aliphatic rings. The van der Waals surface area contributed by atoms with Gasteiger partial charge in [-0.2, -0.15) is 0 Å². The standard InChI is InChI=1S/C11H15N3O2/c1-16-11(15)8-4-10(14-6-9(8)12)13-5-7-2-3-7/h4,6-7H,2-3,5,12H2,1H3,(H,13,14). The van der Waals surface area contributed by atoms with E-state index in [1.54, 1.807) is 6.07 Å². The highest BCUT2D eigenvalue weighted by Crippen LogP contribution is 2.28. The molecule has 0 aromatic carbocycles. The molecule has 2 rings (SSSR count). The van der Waals surface area contributed by atoms with E-state index in [1.165, 1.54) is 26.1 Å². The smallest absolute Gasteiger partial charge is 0.340 e. The summed E-state index contributed by atoms with van der Waals surface area (Å²) >= 11 is 0. The highest BCUT2D eigenvalue weighted by Gasteiger charge is 2.21. The summed E-state index contributed by atoms with van der Waals surface area (Å²) in [6, 6.07) is 1.63. The minimum Gasteiger partial charge on any atom is -0.465 e. The number of hydrogen-bond acceptors (Lipinski definition) is 5. The maximum atomic E-state index is 11.4. The Bertz CT molecular complexity index is 402. The number of ether oxygens (including phenoxy) is 1. The number of hydrogen-bond donors (Lipinski definition) is 2. The van der Waals surface area contributed by atoms with Crippen molar-refractivity contribution in [3.05, 3.63) is 17.8 Å². The van der Waals surface area contributed by atoms with Gasteiger partial charge in [0.2, 0.25) is 0 Å². The molecule has 16 heavy (non-hydrogen) atoms. The zero-order valence-electron chi connectivity index (χ0n) is 9.19. The molecule has 5 nitrogen and oxygen atoms in total. The summed E-state index contributed by atoms with van der Waals surface area (Å²) in [5, 5.41) is 3.18. The Kier molecular flexibility index (Phi) is 2.94. The number of pyridine rings is 1. The molecule has 0 bridgehead atoms. The zero-order chi connectivity index (χ0) is 11.5. The fourth-order valence-electron chi connectivity index (χ4n) is 1.42. The number of anilines is 2. The van der Waals surface area contributed by atoms with Gasteiger partial charge in [0.05, 0.1) is 24.6 Å². The molecule has 0 aliphatic heterocycles. The lowest BCUT2D eigenvalue weighted by atomic mass is 10.2. The van der Waals surface area contributed by atoms with Crippen LogP contribution in [0.4, 0.5) is 11.5 Å². The van der Waals surface area contributed by atoms with Crippen LogP contribution in [0.3, 0.4) is 0 Å². The van der Waals surface area contributed by atoms with E-state index in [-0.39, 0.29) is 0 Å². The molecule has 5 heteroatoms. The molecule has 86 valence electrons. The molecule has 0 unspecified atom stereocenters. The van der Waals surface area contributed by atoms with Crippen molar-refractivity contribution in [2.75, 3.05) is 24.7 Å². The Morgan fingerprint density at radius 1 is 1.69 bits per heavy atom. The van der Waals surface area contributed by atoms with Gasteiger partial charge >= 0.3 is 5.97 Å². The summed E-state index contributed by atoms with van der Waals surface area (Å²) in [5.41, 5.74) is 6.34. The van der Waals surface area contributed by atoms with Crippen molar-refractivity contribution in [2.45, 2.75) is 12.8 Å². The van der Waals surface area contributed by atoms with E-state index in [0.717, 1.165) is 12.5 Å². The molecule has 1 saturated carbocycles. The van der Waals surface area contributed by atoms with Gasteiger partial charge in [-0.25, -0.2) is 9.78 Å². The molecule has 1 fully saturated rings. The topological polar surface area (TPSA) is 77.2 Å². The number of methoxy groups -OCH3 is 1. The minimum atomic E-state index is -0.436. The van der Waals surface area contributed by atoms with Crippen molar-refractivity contribution >= 4 is 17.5 Å². The number of carbonyl (C=O) groups excluding carboxylic acids is 1. The fourth-order valence-corrected chi connectivity index (χ4v) is 1.42. The third-order valence-electron chi connectivity index (χ3n) is 2.61. The number of rotatable bonds is 4. The second kappa shape index (κ2) is 4.38. The Labute approximate surface area is 94.0 Å². The average Bonchev–Trinajstić information content (AvgIpc) is 3.11. The van der Waals surface area contributed by atoms with Crippen molar-refractivity contribution in [1.29, 1.82) is 0 Å². The van der Waals surface area contributed by atoms with E-state index >= 15 is 0 Å². The van der Waals surface area contributed by atoms with Crippen LogP contribution in [-0.2, 0) is 4.74 Å². The van der Waals surface area contributed by atoms with Crippen LogP contribution in [0, 0.1) is 5.92 Å². The first-order valence-electron chi connectivity index (χ1n) is 5.28. The molecule has 0 atom stereocenters. The first-order chi connectivity index (χ1) is 7.70. The number of aromatic nitrogens is 1. The summed E-state index contributed by atoms with van der Waals surface area (Å²) in [6.45, 7) is 0.900. The second-order valence-electron chi connectivity index (χ2n) is 3.97. The van der Waals surface area contributed by atoms with Gasteiger partial charge in [0, 0.05) is 6.54 Å². The predicted molar refractivity (Wildman–Crippen MR) is 61.2 cm³/mol. The number of esters is 1. The van der Waals surface area contributed by atoms with Crippen LogP contribution in [0.15, 0.2) is 12.3 Å². The first kappa shape index (κ1) is 10.7. The summed E-state index contributed by atoms with van der Waals surface area (Å²) in [6.07, 6.45) is 4.01. The van der Waals surface area contributed by atoms with Crippen molar-refractivity contribution < 1.29 is 9.53 Å². The van der Waals surface area contributed by atoms with Crippen molar-refractivity contribution in [1.82, 2.24) is 4.98 Å². The van der Waals surface area contributed by atoms with E-state index in [4.69, 9.17) is 5.73 Å². The minimum absolute atomic E-state index is 0.337. The van der Waals surface area contributed by atoms with Crippen LogP contribution in [0.25, 0.3) is 0 Å². The molecular formula is C11H15N3O2. The second-order valence-corrected chi connectivity index (χ2v) is 3.97. The lowest BCUT2D eigenvalue weighted by Crippen LogP contribution is -2.10. The van der Waals surface area contributed by atoms with Gasteiger partial charge in [-0.15, -0.1) is 0 Å². The monoisotopic (exact) mass is 221 g/mol. The first-order valence-corrected chi connectivity index (χ1v) is 5.28. The highest BCUT2D eigenvalue weighted by atomic mass is 16.5. The van der Waals surface area contributed by atoms with Crippen LogP contribution < -0.4 is 11.1 Å². The summed E-state index contributed by atoms with van der Waals surface area (Å²) in [4.78, 5) is 15.5. The third-order valence-corrected chi connectivity index (χ3v) is 2.61. The molecule has 0 saturated heterocycles. The quantitative estimate of drug-likeness (QED) is 0.749. The van der Waals surface area contributed by atoms with Crippen molar-refractivity contribution in [3.63, 3.8) is 0 Å². The third kappa shape index (κ3) is 2.42. The van der Waals surface area contributed by atoms with E-state index in [1.807, 2.05) is 0 Å². The van der Waals surface area contributed by atoms with Crippen LogP contribution in [-0.4, -0.2) is 24.6 Å². The molecule has 1 aliphatic carbocycles. The Morgan fingerprint density at radius 2 is 2.44 bits per heavy atom. The normalized spacial score (nSPS) is 14.6. The summed E-state index contributed by atoms with van der Waals surface area (Å²) < 4.78 is 4.64. The van der Waals surface area contributed by atoms with Gasteiger partial charge in [-0.3, -0.25) is 0 Å². The molecule has 1 aromatic heterocycles. The number of nitrogens with two attached hydrogens (primary N) is 1. The maximum Gasteiger partial charge on any atom is 0.340 e. The zero-order valence-corrected chi connectivity index (χ0v) is 9.19. The predicted octanol–water partition coefficient (Wildman–Crippen LogP) is 1.27. The SMILES string of the molecule is COC(=O)c1cc(NCC2CC2)ncc1N. The molecule has 3 N–H and O–H groups in total. The van der Waals surface area contributed by atoms with Gasteiger partial charge in [0.15, 0.2) is 0 Å². The Balaban J connectivity index is 2.10. The Morgan fingerprint density at radius 3 is 3.06 bits per heavy atom. The fraction of sp³-hybridized carbons (Fsp3) is 0.455. The average molecular weight is 221 g/mol. The van der Waals surface area contributed by atoms with E-state index in [9.17, 15) is 4.79 Å². The van der Waals surface area contributed by atoms with E-state index in [2.05, 4.69) is 15.0 Å². The number of carbonyl (C=O) groups is 1. The van der Waals surface area contributed by atoms with Gasteiger partial charge in [0.25, 0.3) is 0 Å². The molecule has 0 amide bonds. The van der Waals surface area contributed by atoms with Gasteiger partial charge < -0.3 is 15.8 Å². The Hall–Kier alpha value is -1.78. The van der Waals surface area contributed by atoms with Crippen LogP contribution in [0.1, 0.15) is 23.2 Å². The molecule has 0 radical (unpaired) electrons. The van der Waals surface area contributed by atoms with E-state index < -0.39 is 5.97 Å². The number of nitrogen functional groups attached to an aromatic ring is 1. The van der Waals surface area contributed by atoms with Crippen LogP contribution in [0.2, 0.25) is 0 Å². The largest absolute Gasteiger partial charge is 0.465 e. The van der Waals surface area contributed by atoms with Crippen molar-refractivity contribution in [2.24, 2.45) is 5.92 Å². The van der Waals surface area contributed by atoms with Crippen LogP contribution >= 0.6 is 0 Å². The summed E-state index contributed by atoms with van der Waals surface area (Å²) in [7, 11) is 1.33. The van der Waals surface area contributed by atoms with Gasteiger partial charge in [-0.05, 0) is 24.8 Å². The molecular weight excluding hydrogens is 206 g/mol. The van der Waals surface area contributed by atoms with Gasteiger partial charge in [-0.1, -0.05) is 0 Å². The van der Waals surface area contributed by atoms with Gasteiger partial charge in [0.1, 0.15) is 5.82 Å². The highest BCUT2D eigenvalue weighted by molar-refractivity contribution is 5.95. The van der Waals surface area contributed by atoms with Crippen molar-refractivity contribution in [3.8, 4) is 0 Å². The summed E-state index contributed by atoms with van der Waals surface area (Å²) in [5.74, 6) is 0.983. The number of nitrogens with zero attached hydrogens (tertiary/aromatic N) is 1. The lowest BCUT2D eigenvalue weighted by Gasteiger charge is -2.07. The maximum absolute atomic E-state index is 11.4. The van der Waals surface area contributed by atoms with Crippen LogP contribution in [0.5, 0.6) is 0 Å². The molecule has 1 aromatic rings. The van der Waals surface area contributed by atoms with E-state index in [0.29, 0.717) is 17.1 Å².